The maximum absolute atomic E-state index is 12.3. The normalized spacial score (nSPS) is 11.6. The van der Waals surface area contributed by atoms with Crippen molar-refractivity contribution in [1.29, 1.82) is 0 Å². The van der Waals surface area contributed by atoms with Crippen molar-refractivity contribution in [1.82, 2.24) is 10.9 Å². The topological polar surface area (TPSA) is 67.4 Å². The number of carbonyl (C=O) groups is 2. The molecule has 6 heteroatoms. The van der Waals surface area contributed by atoms with E-state index < -0.39 is 0 Å². The van der Waals surface area contributed by atoms with E-state index in [1.807, 2.05) is 66.7 Å². The fourth-order valence-corrected chi connectivity index (χ4v) is 3.68. The largest absolute Gasteiger partial charge is 0.497 e. The Hall–Kier alpha value is -2.99. The Bertz CT molecular complexity index is 968. The SMILES string of the molecule is COc1ccc(SC(C)C(=O)NNC(=O)Cc2cccc3ccccc23)cc1. The number of hydrogen-bond acceptors (Lipinski definition) is 4. The first-order valence-corrected chi connectivity index (χ1v) is 9.81. The van der Waals surface area contributed by atoms with E-state index in [9.17, 15) is 9.59 Å². The number of rotatable bonds is 6. The van der Waals surface area contributed by atoms with Gasteiger partial charge in [0, 0.05) is 4.90 Å². The molecular formula is C22H22N2O3S. The first-order chi connectivity index (χ1) is 13.6. The van der Waals surface area contributed by atoms with E-state index in [-0.39, 0.29) is 23.5 Å². The van der Waals surface area contributed by atoms with E-state index in [4.69, 9.17) is 4.74 Å². The number of hydrazine groups is 1. The summed E-state index contributed by atoms with van der Waals surface area (Å²) >= 11 is 1.41. The Morgan fingerprint density at radius 2 is 1.68 bits per heavy atom. The molecule has 1 atom stereocenters. The van der Waals surface area contributed by atoms with Gasteiger partial charge in [0.15, 0.2) is 0 Å². The molecule has 0 bridgehead atoms. The lowest BCUT2D eigenvalue weighted by Gasteiger charge is -2.13. The molecule has 2 N–H and O–H groups in total. The van der Waals surface area contributed by atoms with Gasteiger partial charge in [-0.1, -0.05) is 42.5 Å². The Morgan fingerprint density at radius 3 is 2.43 bits per heavy atom. The molecule has 5 nitrogen and oxygen atoms in total. The summed E-state index contributed by atoms with van der Waals surface area (Å²) in [7, 11) is 1.61. The summed E-state index contributed by atoms with van der Waals surface area (Å²) in [6.07, 6.45) is 0.196. The van der Waals surface area contributed by atoms with Crippen molar-refractivity contribution in [2.24, 2.45) is 0 Å². The van der Waals surface area contributed by atoms with E-state index in [0.717, 1.165) is 27.0 Å². The predicted molar refractivity (Wildman–Crippen MR) is 112 cm³/mol. The highest BCUT2D eigenvalue weighted by atomic mass is 32.2. The maximum atomic E-state index is 12.3. The highest BCUT2D eigenvalue weighted by molar-refractivity contribution is 8.00. The summed E-state index contributed by atoms with van der Waals surface area (Å²) in [5.41, 5.74) is 5.94. The van der Waals surface area contributed by atoms with Gasteiger partial charge in [-0.25, -0.2) is 0 Å². The van der Waals surface area contributed by atoms with Crippen LogP contribution in [0.1, 0.15) is 12.5 Å². The number of carbonyl (C=O) groups excluding carboxylic acids is 2. The fourth-order valence-electron chi connectivity index (χ4n) is 2.81. The summed E-state index contributed by atoms with van der Waals surface area (Å²) in [4.78, 5) is 25.5. The van der Waals surface area contributed by atoms with Gasteiger partial charge >= 0.3 is 0 Å². The van der Waals surface area contributed by atoms with Crippen molar-refractivity contribution < 1.29 is 14.3 Å². The minimum absolute atomic E-state index is 0.196. The second-order valence-corrected chi connectivity index (χ2v) is 7.70. The second-order valence-electron chi connectivity index (χ2n) is 6.29. The standard InChI is InChI=1S/C22H22N2O3S/c1-15(28-19-12-10-18(27-2)11-13-19)22(26)24-23-21(25)14-17-8-5-7-16-6-3-4-9-20(16)17/h3-13,15H,14H2,1-2H3,(H,23,25)(H,24,26). The van der Waals surface area contributed by atoms with Crippen molar-refractivity contribution in [2.45, 2.75) is 23.5 Å². The summed E-state index contributed by atoms with van der Waals surface area (Å²) in [6.45, 7) is 1.79. The van der Waals surface area contributed by atoms with Crippen LogP contribution < -0.4 is 15.6 Å². The van der Waals surface area contributed by atoms with Crippen molar-refractivity contribution in [3.8, 4) is 5.75 Å². The molecule has 28 heavy (non-hydrogen) atoms. The molecule has 144 valence electrons. The van der Waals surface area contributed by atoms with Crippen LogP contribution in [0, 0.1) is 0 Å². The third-order valence-electron chi connectivity index (χ3n) is 4.30. The first kappa shape index (κ1) is 19.8. The monoisotopic (exact) mass is 394 g/mol. The molecule has 0 fully saturated rings. The maximum Gasteiger partial charge on any atom is 0.251 e. The smallest absolute Gasteiger partial charge is 0.251 e. The van der Waals surface area contributed by atoms with Gasteiger partial charge in [0.05, 0.1) is 18.8 Å². The Labute approximate surface area is 168 Å². The number of methoxy groups -OCH3 is 1. The van der Waals surface area contributed by atoms with Gasteiger partial charge in [-0.15, -0.1) is 11.8 Å². The molecule has 3 rings (SSSR count). The molecular weight excluding hydrogens is 372 g/mol. The Kier molecular flexibility index (Phi) is 6.55. The molecule has 0 aliphatic rings. The minimum atomic E-state index is -0.355. The Morgan fingerprint density at radius 1 is 0.964 bits per heavy atom. The van der Waals surface area contributed by atoms with E-state index in [0.29, 0.717) is 0 Å². The molecule has 2 amide bonds. The molecule has 0 saturated heterocycles. The lowest BCUT2D eigenvalue weighted by atomic mass is 10.0. The van der Waals surface area contributed by atoms with Crippen LogP contribution >= 0.6 is 11.8 Å². The fraction of sp³-hybridized carbons (Fsp3) is 0.182. The van der Waals surface area contributed by atoms with Gasteiger partial charge in [0.25, 0.3) is 5.91 Å². The number of ether oxygens (including phenoxy) is 1. The highest BCUT2D eigenvalue weighted by Crippen LogP contribution is 2.25. The number of thioether (sulfide) groups is 1. The lowest BCUT2D eigenvalue weighted by molar-refractivity contribution is -0.128. The van der Waals surface area contributed by atoms with Crippen LogP contribution in [0.3, 0.4) is 0 Å². The van der Waals surface area contributed by atoms with E-state index >= 15 is 0 Å². The number of hydrogen-bond donors (Lipinski definition) is 2. The van der Waals surface area contributed by atoms with Crippen molar-refractivity contribution in [2.75, 3.05) is 7.11 Å². The van der Waals surface area contributed by atoms with Gasteiger partial charge in [0.2, 0.25) is 5.91 Å². The van der Waals surface area contributed by atoms with E-state index in [1.165, 1.54) is 11.8 Å². The zero-order valence-corrected chi connectivity index (χ0v) is 16.6. The van der Waals surface area contributed by atoms with Crippen LogP contribution in [0.2, 0.25) is 0 Å². The van der Waals surface area contributed by atoms with Crippen LogP contribution in [-0.4, -0.2) is 24.2 Å². The third kappa shape index (κ3) is 5.04. The van der Waals surface area contributed by atoms with Crippen LogP contribution in [0.25, 0.3) is 10.8 Å². The summed E-state index contributed by atoms with van der Waals surface area (Å²) in [5.74, 6) is 0.251. The second kappa shape index (κ2) is 9.28. The van der Waals surface area contributed by atoms with Gasteiger partial charge in [0.1, 0.15) is 5.75 Å². The van der Waals surface area contributed by atoms with Crippen LogP contribution in [-0.2, 0) is 16.0 Å². The van der Waals surface area contributed by atoms with Gasteiger partial charge in [-0.3, -0.25) is 20.4 Å². The van der Waals surface area contributed by atoms with Crippen LogP contribution in [0.15, 0.2) is 71.6 Å². The number of benzene rings is 3. The van der Waals surface area contributed by atoms with E-state index in [1.54, 1.807) is 14.0 Å². The number of nitrogens with one attached hydrogen (secondary N) is 2. The molecule has 1 unspecified atom stereocenters. The zero-order chi connectivity index (χ0) is 19.9. The summed E-state index contributed by atoms with van der Waals surface area (Å²) in [6, 6.07) is 21.3. The average molecular weight is 394 g/mol. The van der Waals surface area contributed by atoms with E-state index in [2.05, 4.69) is 10.9 Å². The summed E-state index contributed by atoms with van der Waals surface area (Å²) < 4.78 is 5.13. The molecule has 0 spiro atoms. The first-order valence-electron chi connectivity index (χ1n) is 8.93. The zero-order valence-electron chi connectivity index (χ0n) is 15.8. The van der Waals surface area contributed by atoms with Crippen molar-refractivity contribution in [3.05, 3.63) is 72.3 Å². The molecule has 0 aliphatic carbocycles. The van der Waals surface area contributed by atoms with Gasteiger partial charge in [-0.05, 0) is 47.5 Å². The third-order valence-corrected chi connectivity index (χ3v) is 5.41. The molecule has 0 heterocycles. The molecule has 0 radical (unpaired) electrons. The van der Waals surface area contributed by atoms with Crippen LogP contribution in [0.4, 0.5) is 0 Å². The highest BCUT2D eigenvalue weighted by Gasteiger charge is 2.15. The molecule has 0 aromatic heterocycles. The lowest BCUT2D eigenvalue weighted by Crippen LogP contribution is -2.45. The average Bonchev–Trinajstić information content (AvgIpc) is 2.73. The number of fused-ring (bicyclic) bond motifs is 1. The minimum Gasteiger partial charge on any atom is -0.497 e. The van der Waals surface area contributed by atoms with Gasteiger partial charge in [-0.2, -0.15) is 0 Å². The number of amides is 2. The summed E-state index contributed by atoms with van der Waals surface area (Å²) in [5, 5.41) is 1.77. The van der Waals surface area contributed by atoms with Crippen LogP contribution in [0.5, 0.6) is 5.75 Å². The molecule has 0 aliphatic heterocycles. The molecule has 0 saturated carbocycles. The van der Waals surface area contributed by atoms with Crippen molar-refractivity contribution in [3.63, 3.8) is 0 Å². The van der Waals surface area contributed by atoms with Crippen molar-refractivity contribution >= 4 is 34.3 Å². The van der Waals surface area contributed by atoms with Gasteiger partial charge < -0.3 is 4.74 Å². The Balaban J connectivity index is 1.52. The quantitative estimate of drug-likeness (QED) is 0.494. The molecule has 3 aromatic carbocycles. The molecule has 3 aromatic rings. The predicted octanol–water partition coefficient (Wildman–Crippen LogP) is 3.72.